The van der Waals surface area contributed by atoms with E-state index in [1.165, 1.54) is 27.8 Å². The molecule has 1 atom stereocenters. The summed E-state index contributed by atoms with van der Waals surface area (Å²) < 4.78 is 0. The van der Waals surface area contributed by atoms with Gasteiger partial charge in [0.1, 0.15) is 4.83 Å². The summed E-state index contributed by atoms with van der Waals surface area (Å²) in [5.74, 6) is 0.329. The first-order chi connectivity index (χ1) is 14.2. The first-order valence-corrected chi connectivity index (χ1v) is 10.7. The number of carbonyl (C=O) groups excluding carboxylic acids is 1. The topological polar surface area (TPSA) is 58.1 Å². The molecule has 1 amide bonds. The van der Waals surface area contributed by atoms with E-state index in [9.17, 15) is 4.79 Å². The number of hydrogen-bond donors (Lipinski definition) is 1. The Balaban J connectivity index is 1.45. The Morgan fingerprint density at radius 1 is 1.14 bits per heavy atom. The van der Waals surface area contributed by atoms with E-state index < -0.39 is 0 Å². The maximum absolute atomic E-state index is 12.5. The summed E-state index contributed by atoms with van der Waals surface area (Å²) in [6.45, 7) is 2.86. The van der Waals surface area contributed by atoms with Gasteiger partial charge in [0.25, 0.3) is 5.91 Å². The third-order valence-corrected chi connectivity index (χ3v) is 6.88. The van der Waals surface area contributed by atoms with E-state index in [2.05, 4.69) is 50.5 Å². The predicted molar refractivity (Wildman–Crippen MR) is 117 cm³/mol. The Morgan fingerprint density at radius 2 is 2.00 bits per heavy atom. The Morgan fingerprint density at radius 3 is 2.90 bits per heavy atom. The van der Waals surface area contributed by atoms with Crippen molar-refractivity contribution >= 4 is 38.4 Å². The van der Waals surface area contributed by atoms with Crippen LogP contribution in [0.1, 0.15) is 33.1 Å². The van der Waals surface area contributed by atoms with Gasteiger partial charge < -0.3 is 5.32 Å². The van der Waals surface area contributed by atoms with E-state index in [-0.39, 0.29) is 5.91 Å². The van der Waals surface area contributed by atoms with E-state index in [0.717, 1.165) is 46.7 Å². The lowest BCUT2D eigenvalue weighted by atomic mass is 9.95. The highest BCUT2D eigenvalue weighted by molar-refractivity contribution is 7.20. The maximum atomic E-state index is 12.5. The molecule has 4 aromatic rings. The molecule has 29 heavy (non-hydrogen) atoms. The Hall–Kier alpha value is -2.83. The van der Waals surface area contributed by atoms with Crippen molar-refractivity contribution in [3.05, 3.63) is 70.9 Å². The smallest absolute Gasteiger partial charge is 0.261 e. The number of amides is 1. The largest absolute Gasteiger partial charge is 0.354 e. The molecule has 0 aliphatic carbocycles. The standard InChI is InChI=1S/C23H22N4OS/c1-24-22(28)21-20(18-6-4-10-26-23(18)29-21)16-9-12-27(14-16)13-15-8-11-25-19-7-3-2-5-17(15)19/h2-8,10-11,16H,9,12-14H2,1H3,(H,24,28)/t16-/m1/s1. The fraction of sp³-hybridized carbons (Fsp3) is 0.261. The summed E-state index contributed by atoms with van der Waals surface area (Å²) in [6.07, 6.45) is 4.74. The van der Waals surface area contributed by atoms with E-state index >= 15 is 0 Å². The third kappa shape index (κ3) is 3.28. The molecule has 0 saturated carbocycles. The van der Waals surface area contributed by atoms with E-state index in [1.54, 1.807) is 13.2 Å². The average Bonchev–Trinajstić information content (AvgIpc) is 3.37. The van der Waals surface area contributed by atoms with Crippen LogP contribution in [-0.4, -0.2) is 40.9 Å². The molecule has 0 spiro atoms. The fourth-order valence-corrected chi connectivity index (χ4v) is 5.56. The fourth-order valence-electron chi connectivity index (χ4n) is 4.38. The monoisotopic (exact) mass is 402 g/mol. The maximum Gasteiger partial charge on any atom is 0.261 e. The van der Waals surface area contributed by atoms with Crippen molar-refractivity contribution < 1.29 is 4.79 Å². The molecule has 0 bridgehead atoms. The van der Waals surface area contributed by atoms with Crippen molar-refractivity contribution in [1.82, 2.24) is 20.2 Å². The number of nitrogens with one attached hydrogen (secondary N) is 1. The second-order valence-corrected chi connectivity index (χ2v) is 8.49. The van der Waals surface area contributed by atoms with Crippen molar-refractivity contribution in [2.24, 2.45) is 0 Å². The number of likely N-dealkylation sites (tertiary alicyclic amines) is 1. The van der Waals surface area contributed by atoms with Crippen LogP contribution in [0, 0.1) is 0 Å². The molecule has 0 radical (unpaired) electrons. The summed E-state index contributed by atoms with van der Waals surface area (Å²) in [4.78, 5) is 25.7. The molecule has 1 aliphatic heterocycles. The second kappa shape index (κ2) is 7.54. The zero-order chi connectivity index (χ0) is 19.8. The number of nitrogens with zero attached hydrogens (tertiary/aromatic N) is 3. The molecule has 1 aliphatic rings. The summed E-state index contributed by atoms with van der Waals surface area (Å²) in [7, 11) is 1.69. The van der Waals surface area contributed by atoms with Gasteiger partial charge in [0, 0.05) is 49.2 Å². The first-order valence-electron chi connectivity index (χ1n) is 9.89. The summed E-state index contributed by atoms with van der Waals surface area (Å²) >= 11 is 1.50. The van der Waals surface area contributed by atoms with Crippen LogP contribution in [0.4, 0.5) is 0 Å². The third-order valence-electron chi connectivity index (χ3n) is 5.75. The van der Waals surface area contributed by atoms with Gasteiger partial charge in [0.05, 0.1) is 10.4 Å². The van der Waals surface area contributed by atoms with Crippen LogP contribution in [-0.2, 0) is 6.54 Å². The van der Waals surface area contributed by atoms with Crippen LogP contribution in [0.15, 0.2) is 54.9 Å². The van der Waals surface area contributed by atoms with Gasteiger partial charge in [-0.3, -0.25) is 14.7 Å². The highest BCUT2D eigenvalue weighted by atomic mass is 32.1. The van der Waals surface area contributed by atoms with Crippen molar-refractivity contribution in [2.45, 2.75) is 18.9 Å². The molecule has 6 heteroatoms. The van der Waals surface area contributed by atoms with Gasteiger partial charge in [0.15, 0.2) is 0 Å². The Labute approximate surface area is 173 Å². The van der Waals surface area contributed by atoms with E-state index in [4.69, 9.17) is 0 Å². The molecule has 3 aromatic heterocycles. The first kappa shape index (κ1) is 18.2. The zero-order valence-corrected chi connectivity index (χ0v) is 17.1. The van der Waals surface area contributed by atoms with Gasteiger partial charge in [-0.25, -0.2) is 4.98 Å². The molecule has 5 rings (SSSR count). The van der Waals surface area contributed by atoms with Gasteiger partial charge in [-0.2, -0.15) is 0 Å². The van der Waals surface area contributed by atoms with Crippen LogP contribution < -0.4 is 5.32 Å². The highest BCUT2D eigenvalue weighted by Crippen LogP contribution is 2.39. The normalized spacial score (nSPS) is 17.2. The van der Waals surface area contributed by atoms with Crippen molar-refractivity contribution in [3.8, 4) is 0 Å². The lowest BCUT2D eigenvalue weighted by molar-refractivity contribution is 0.0966. The van der Waals surface area contributed by atoms with Crippen molar-refractivity contribution in [1.29, 1.82) is 0 Å². The molecule has 4 heterocycles. The van der Waals surface area contributed by atoms with Crippen LogP contribution in [0.25, 0.3) is 21.1 Å². The molecule has 1 aromatic carbocycles. The van der Waals surface area contributed by atoms with Gasteiger partial charge >= 0.3 is 0 Å². The molecule has 1 fully saturated rings. The number of rotatable bonds is 4. The summed E-state index contributed by atoms with van der Waals surface area (Å²) in [5.41, 5.74) is 3.51. The lowest BCUT2D eigenvalue weighted by Gasteiger charge is -2.18. The number of pyridine rings is 2. The summed E-state index contributed by atoms with van der Waals surface area (Å²) in [6, 6.07) is 14.5. The number of para-hydroxylation sites is 1. The molecule has 0 unspecified atom stereocenters. The Kier molecular flexibility index (Phi) is 4.73. The van der Waals surface area contributed by atoms with Gasteiger partial charge in [-0.05, 0) is 42.3 Å². The minimum absolute atomic E-state index is 0.0124. The predicted octanol–water partition coefficient (Wildman–Crippen LogP) is 4.19. The Bertz CT molecular complexity index is 1200. The van der Waals surface area contributed by atoms with Crippen LogP contribution >= 0.6 is 11.3 Å². The molecule has 1 saturated heterocycles. The van der Waals surface area contributed by atoms with Gasteiger partial charge in [0.2, 0.25) is 0 Å². The van der Waals surface area contributed by atoms with Gasteiger partial charge in [-0.1, -0.05) is 24.3 Å². The van der Waals surface area contributed by atoms with E-state index in [0.29, 0.717) is 5.92 Å². The molecule has 1 N–H and O–H groups in total. The number of aromatic nitrogens is 2. The SMILES string of the molecule is CNC(=O)c1sc2ncccc2c1[C@@H]1CCN(Cc2ccnc3ccccc23)C1. The number of fused-ring (bicyclic) bond motifs is 2. The minimum atomic E-state index is -0.0124. The molecule has 5 nitrogen and oxygen atoms in total. The zero-order valence-electron chi connectivity index (χ0n) is 16.3. The molecular weight excluding hydrogens is 380 g/mol. The quantitative estimate of drug-likeness (QED) is 0.556. The highest BCUT2D eigenvalue weighted by Gasteiger charge is 2.30. The van der Waals surface area contributed by atoms with Crippen LogP contribution in [0.2, 0.25) is 0 Å². The number of thiophene rings is 1. The van der Waals surface area contributed by atoms with Gasteiger partial charge in [-0.15, -0.1) is 11.3 Å². The number of benzene rings is 1. The van der Waals surface area contributed by atoms with Crippen molar-refractivity contribution in [2.75, 3.05) is 20.1 Å². The van der Waals surface area contributed by atoms with Crippen LogP contribution in [0.5, 0.6) is 0 Å². The number of hydrogen-bond acceptors (Lipinski definition) is 5. The summed E-state index contributed by atoms with van der Waals surface area (Å²) in [5, 5.41) is 5.14. The van der Waals surface area contributed by atoms with Crippen LogP contribution in [0.3, 0.4) is 0 Å². The second-order valence-electron chi connectivity index (χ2n) is 7.49. The van der Waals surface area contributed by atoms with Crippen molar-refractivity contribution in [3.63, 3.8) is 0 Å². The van der Waals surface area contributed by atoms with E-state index in [1.807, 2.05) is 18.3 Å². The molecular formula is C23H22N4OS. The number of carbonyl (C=O) groups is 1. The molecule has 146 valence electrons. The lowest BCUT2D eigenvalue weighted by Crippen LogP contribution is -2.21. The average molecular weight is 403 g/mol. The minimum Gasteiger partial charge on any atom is -0.354 e.